The van der Waals surface area contributed by atoms with E-state index in [1.165, 1.54) is 12.1 Å². The Morgan fingerprint density at radius 3 is 2.62 bits per heavy atom. The average molecular weight is 295 g/mol. The van der Waals surface area contributed by atoms with E-state index in [0.717, 1.165) is 25.3 Å². The van der Waals surface area contributed by atoms with E-state index in [9.17, 15) is 4.39 Å². The summed E-state index contributed by atoms with van der Waals surface area (Å²) in [6, 6.07) is 6.46. The summed E-state index contributed by atoms with van der Waals surface area (Å²) in [5.74, 6) is 1.27. The van der Waals surface area contributed by atoms with Crippen molar-refractivity contribution in [1.82, 2.24) is 10.6 Å². The second-order valence-corrected chi connectivity index (χ2v) is 4.87. The number of hydrogen-bond donors (Lipinski definition) is 2. The van der Waals surface area contributed by atoms with E-state index >= 15 is 0 Å². The molecule has 0 radical (unpaired) electrons. The SMILES string of the molecule is CCNC(=NCCCOc1ccc(F)cc1)NC(C)CC. The first-order valence-corrected chi connectivity index (χ1v) is 7.59. The molecule has 1 rings (SSSR count). The summed E-state index contributed by atoms with van der Waals surface area (Å²) >= 11 is 0. The molecule has 1 unspecified atom stereocenters. The van der Waals surface area contributed by atoms with Crippen LogP contribution in [0.25, 0.3) is 0 Å². The van der Waals surface area contributed by atoms with Gasteiger partial charge in [0.2, 0.25) is 0 Å². The molecule has 1 atom stereocenters. The molecule has 0 bridgehead atoms. The number of hydrogen-bond acceptors (Lipinski definition) is 2. The molecule has 0 aliphatic rings. The molecule has 0 fully saturated rings. The zero-order chi connectivity index (χ0) is 15.5. The van der Waals surface area contributed by atoms with Gasteiger partial charge in [0.05, 0.1) is 6.61 Å². The lowest BCUT2D eigenvalue weighted by Gasteiger charge is -2.16. The Labute approximate surface area is 126 Å². The maximum absolute atomic E-state index is 12.7. The predicted octanol–water partition coefficient (Wildman–Crippen LogP) is 2.95. The molecule has 0 saturated carbocycles. The zero-order valence-electron chi connectivity index (χ0n) is 13.2. The van der Waals surface area contributed by atoms with Gasteiger partial charge in [-0.25, -0.2) is 4.39 Å². The van der Waals surface area contributed by atoms with Crippen molar-refractivity contribution < 1.29 is 9.13 Å². The van der Waals surface area contributed by atoms with Gasteiger partial charge in [0, 0.05) is 25.6 Å². The Balaban J connectivity index is 2.28. The van der Waals surface area contributed by atoms with Crippen molar-refractivity contribution in [3.05, 3.63) is 30.1 Å². The number of ether oxygens (including phenoxy) is 1. The van der Waals surface area contributed by atoms with E-state index in [-0.39, 0.29) is 5.82 Å². The number of nitrogens with zero attached hydrogens (tertiary/aromatic N) is 1. The lowest BCUT2D eigenvalue weighted by Crippen LogP contribution is -2.42. The Bertz CT molecular complexity index is 420. The smallest absolute Gasteiger partial charge is 0.191 e. The maximum Gasteiger partial charge on any atom is 0.191 e. The van der Waals surface area contributed by atoms with Gasteiger partial charge in [0.1, 0.15) is 11.6 Å². The van der Waals surface area contributed by atoms with Gasteiger partial charge in [-0.15, -0.1) is 0 Å². The topological polar surface area (TPSA) is 45.7 Å². The summed E-state index contributed by atoms with van der Waals surface area (Å²) < 4.78 is 18.3. The average Bonchev–Trinajstić information content (AvgIpc) is 2.48. The fourth-order valence-electron chi connectivity index (χ4n) is 1.63. The van der Waals surface area contributed by atoms with E-state index in [1.807, 2.05) is 6.92 Å². The normalized spacial score (nSPS) is 12.9. The molecule has 0 aliphatic heterocycles. The van der Waals surface area contributed by atoms with Crippen molar-refractivity contribution in [2.45, 2.75) is 39.7 Å². The number of guanidine groups is 1. The highest BCUT2D eigenvalue weighted by Crippen LogP contribution is 2.11. The van der Waals surface area contributed by atoms with Gasteiger partial charge in [0.15, 0.2) is 5.96 Å². The van der Waals surface area contributed by atoms with Gasteiger partial charge in [-0.05, 0) is 44.5 Å². The van der Waals surface area contributed by atoms with Crippen molar-refractivity contribution in [1.29, 1.82) is 0 Å². The number of halogens is 1. The van der Waals surface area contributed by atoms with Crippen LogP contribution in [0.2, 0.25) is 0 Å². The third-order valence-electron chi connectivity index (χ3n) is 2.99. The Kier molecular flexibility index (Phi) is 8.24. The summed E-state index contributed by atoms with van der Waals surface area (Å²) in [4.78, 5) is 4.50. The first kappa shape index (κ1) is 17.3. The van der Waals surface area contributed by atoms with Crippen molar-refractivity contribution in [2.75, 3.05) is 19.7 Å². The molecule has 2 N–H and O–H groups in total. The third kappa shape index (κ3) is 7.54. The van der Waals surface area contributed by atoms with E-state index in [0.29, 0.717) is 24.9 Å². The van der Waals surface area contributed by atoms with Crippen LogP contribution in [0.1, 0.15) is 33.6 Å². The van der Waals surface area contributed by atoms with Crippen LogP contribution >= 0.6 is 0 Å². The van der Waals surface area contributed by atoms with Crippen molar-refractivity contribution in [2.24, 2.45) is 4.99 Å². The molecule has 21 heavy (non-hydrogen) atoms. The standard InChI is InChI=1S/C16H26FN3O/c1-4-13(3)20-16(18-5-2)19-11-6-12-21-15-9-7-14(17)8-10-15/h7-10,13H,4-6,11-12H2,1-3H3,(H2,18,19,20). The highest BCUT2D eigenvalue weighted by molar-refractivity contribution is 5.79. The van der Waals surface area contributed by atoms with Crippen LogP contribution in [-0.4, -0.2) is 31.7 Å². The molecule has 0 amide bonds. The van der Waals surface area contributed by atoms with E-state index in [4.69, 9.17) is 4.74 Å². The zero-order valence-corrected chi connectivity index (χ0v) is 13.2. The molecule has 5 heteroatoms. The summed E-state index contributed by atoms with van der Waals surface area (Å²) in [6.45, 7) is 8.41. The van der Waals surface area contributed by atoms with Gasteiger partial charge in [0.25, 0.3) is 0 Å². The van der Waals surface area contributed by atoms with E-state index in [2.05, 4.69) is 29.5 Å². The molecule has 1 aromatic rings. The molecule has 0 aliphatic carbocycles. The Morgan fingerprint density at radius 2 is 2.00 bits per heavy atom. The van der Waals surface area contributed by atoms with Crippen LogP contribution in [0.15, 0.2) is 29.3 Å². The molecule has 0 aromatic heterocycles. The molecule has 4 nitrogen and oxygen atoms in total. The monoisotopic (exact) mass is 295 g/mol. The molecule has 0 saturated heterocycles. The van der Waals surface area contributed by atoms with Gasteiger partial charge < -0.3 is 15.4 Å². The van der Waals surface area contributed by atoms with Crippen LogP contribution in [0, 0.1) is 5.82 Å². The minimum Gasteiger partial charge on any atom is -0.494 e. The molecule has 1 aromatic carbocycles. The van der Waals surface area contributed by atoms with Crippen LogP contribution in [-0.2, 0) is 0 Å². The number of rotatable bonds is 8. The fraction of sp³-hybridized carbons (Fsp3) is 0.562. The van der Waals surface area contributed by atoms with Crippen LogP contribution in [0.4, 0.5) is 4.39 Å². The quantitative estimate of drug-likeness (QED) is 0.440. The van der Waals surface area contributed by atoms with Gasteiger partial charge in [-0.2, -0.15) is 0 Å². The van der Waals surface area contributed by atoms with E-state index in [1.54, 1.807) is 12.1 Å². The van der Waals surface area contributed by atoms with Crippen LogP contribution in [0.3, 0.4) is 0 Å². The molecule has 0 heterocycles. The summed E-state index contributed by atoms with van der Waals surface area (Å²) in [5.41, 5.74) is 0. The fourth-order valence-corrected chi connectivity index (χ4v) is 1.63. The summed E-state index contributed by atoms with van der Waals surface area (Å²) in [7, 11) is 0. The number of nitrogens with one attached hydrogen (secondary N) is 2. The summed E-state index contributed by atoms with van der Waals surface area (Å²) in [5, 5.41) is 6.56. The van der Waals surface area contributed by atoms with Gasteiger partial charge in [-0.1, -0.05) is 6.92 Å². The number of benzene rings is 1. The van der Waals surface area contributed by atoms with Crippen LogP contribution < -0.4 is 15.4 Å². The second kappa shape index (κ2) is 10.0. The van der Waals surface area contributed by atoms with Gasteiger partial charge in [-0.3, -0.25) is 4.99 Å². The van der Waals surface area contributed by atoms with Crippen molar-refractivity contribution in [3.63, 3.8) is 0 Å². The largest absolute Gasteiger partial charge is 0.494 e. The number of aliphatic imine (C=N–C) groups is 1. The Morgan fingerprint density at radius 1 is 1.29 bits per heavy atom. The predicted molar refractivity (Wildman–Crippen MR) is 85.4 cm³/mol. The van der Waals surface area contributed by atoms with Crippen molar-refractivity contribution >= 4 is 5.96 Å². The van der Waals surface area contributed by atoms with Gasteiger partial charge >= 0.3 is 0 Å². The highest BCUT2D eigenvalue weighted by atomic mass is 19.1. The van der Waals surface area contributed by atoms with Crippen LogP contribution in [0.5, 0.6) is 5.75 Å². The maximum atomic E-state index is 12.7. The molecular weight excluding hydrogens is 269 g/mol. The summed E-state index contributed by atoms with van der Waals surface area (Å²) in [6.07, 6.45) is 1.87. The first-order valence-electron chi connectivity index (χ1n) is 7.59. The minimum atomic E-state index is -0.252. The second-order valence-electron chi connectivity index (χ2n) is 4.87. The lowest BCUT2D eigenvalue weighted by molar-refractivity contribution is 0.313. The van der Waals surface area contributed by atoms with E-state index < -0.39 is 0 Å². The molecule has 118 valence electrons. The van der Waals surface area contributed by atoms with Crippen molar-refractivity contribution in [3.8, 4) is 5.75 Å². The molecular formula is C16H26FN3O. The minimum absolute atomic E-state index is 0.252. The Hall–Kier alpha value is -1.78. The third-order valence-corrected chi connectivity index (χ3v) is 2.99. The molecule has 0 spiro atoms. The first-order chi connectivity index (χ1) is 10.2. The lowest BCUT2D eigenvalue weighted by atomic mass is 10.3. The highest BCUT2D eigenvalue weighted by Gasteiger charge is 2.01.